The highest BCUT2D eigenvalue weighted by molar-refractivity contribution is 7.98. The Labute approximate surface area is 161 Å². The number of anilines is 1. The Morgan fingerprint density at radius 2 is 2.04 bits per heavy atom. The van der Waals surface area contributed by atoms with Crippen LogP contribution in [0.1, 0.15) is 20.3 Å². The number of carbonyl (C=O) groups is 4. The predicted octanol–water partition coefficient (Wildman–Crippen LogP) is 1.52. The molecule has 0 aromatic heterocycles. The lowest BCUT2D eigenvalue weighted by molar-refractivity contribution is -0.161. The summed E-state index contributed by atoms with van der Waals surface area (Å²) in [5.41, 5.74) is 5.66. The number of nitrogens with zero attached hydrogens (tertiary/aromatic N) is 1. The first-order valence-electron chi connectivity index (χ1n) is 8.48. The molecule has 0 aliphatic carbocycles. The van der Waals surface area contributed by atoms with E-state index >= 15 is 0 Å². The van der Waals surface area contributed by atoms with Gasteiger partial charge < -0.3 is 15.4 Å². The third-order valence-electron chi connectivity index (χ3n) is 4.18. The number of esters is 1. The zero-order valence-electron chi connectivity index (χ0n) is 15.4. The van der Waals surface area contributed by atoms with Crippen LogP contribution in [-0.2, 0) is 19.1 Å². The number of nitrogens with one attached hydrogen (secondary N) is 1. The average Bonchev–Trinajstić information content (AvgIpc) is 3.00. The van der Waals surface area contributed by atoms with Crippen molar-refractivity contribution in [2.45, 2.75) is 31.3 Å². The molecule has 146 valence electrons. The summed E-state index contributed by atoms with van der Waals surface area (Å²) in [5.74, 6) is -2.65. The monoisotopic (exact) mass is 393 g/mol. The fourth-order valence-corrected chi connectivity index (χ4v) is 3.25. The molecule has 1 saturated heterocycles. The highest BCUT2D eigenvalue weighted by atomic mass is 32.2. The van der Waals surface area contributed by atoms with E-state index in [9.17, 15) is 19.2 Å². The second kappa shape index (κ2) is 8.90. The van der Waals surface area contributed by atoms with Crippen LogP contribution in [0.3, 0.4) is 0 Å². The van der Waals surface area contributed by atoms with Crippen molar-refractivity contribution in [1.29, 1.82) is 0 Å². The fourth-order valence-electron chi connectivity index (χ4n) is 2.80. The normalized spacial score (nSPS) is 17.7. The molecular weight excluding hydrogens is 370 g/mol. The Morgan fingerprint density at radius 1 is 1.33 bits per heavy atom. The molecule has 3 N–H and O–H groups in total. The number of thioether (sulfide) groups is 1. The van der Waals surface area contributed by atoms with Gasteiger partial charge in [0.1, 0.15) is 0 Å². The van der Waals surface area contributed by atoms with E-state index in [1.165, 1.54) is 0 Å². The topological polar surface area (TPSA) is 119 Å². The summed E-state index contributed by atoms with van der Waals surface area (Å²) in [6, 6.07) is 6.46. The number of hydrogen-bond acceptors (Lipinski definition) is 6. The number of rotatable bonds is 6. The molecule has 1 fully saturated rings. The number of benzene rings is 1. The maximum absolute atomic E-state index is 12.5. The van der Waals surface area contributed by atoms with Gasteiger partial charge in [0.2, 0.25) is 5.91 Å². The van der Waals surface area contributed by atoms with Gasteiger partial charge in [0.05, 0.1) is 5.92 Å². The molecule has 1 heterocycles. The molecule has 4 amide bonds. The molecule has 0 spiro atoms. The van der Waals surface area contributed by atoms with Crippen molar-refractivity contribution in [3.63, 3.8) is 0 Å². The average molecular weight is 393 g/mol. The van der Waals surface area contributed by atoms with Crippen LogP contribution < -0.4 is 16.0 Å². The Hall–Kier alpha value is -2.55. The second-order valence-corrected chi connectivity index (χ2v) is 7.44. The van der Waals surface area contributed by atoms with Gasteiger partial charge in [-0.05, 0) is 30.4 Å². The van der Waals surface area contributed by atoms with Crippen molar-refractivity contribution >= 4 is 41.3 Å². The molecule has 9 heteroatoms. The molecular formula is C18H23N3O5S. The van der Waals surface area contributed by atoms with E-state index in [0.717, 1.165) is 4.90 Å². The highest BCUT2D eigenvalue weighted by Crippen LogP contribution is 2.29. The number of amides is 4. The van der Waals surface area contributed by atoms with Crippen molar-refractivity contribution in [2.75, 3.05) is 17.7 Å². The maximum atomic E-state index is 12.5. The number of urea groups is 1. The smallest absolute Gasteiger partial charge is 0.318 e. The first-order valence-corrected chi connectivity index (χ1v) is 9.70. The lowest BCUT2D eigenvalue weighted by atomic mass is 10.1. The zero-order valence-corrected chi connectivity index (χ0v) is 16.2. The Morgan fingerprint density at radius 3 is 2.63 bits per heavy atom. The van der Waals surface area contributed by atoms with E-state index in [2.05, 4.69) is 0 Å². The summed E-state index contributed by atoms with van der Waals surface area (Å²) in [6.07, 6.45) is 0.785. The van der Waals surface area contributed by atoms with Crippen LogP contribution in [0.5, 0.6) is 0 Å². The van der Waals surface area contributed by atoms with Crippen molar-refractivity contribution in [1.82, 2.24) is 5.32 Å². The molecule has 0 bridgehead atoms. The highest BCUT2D eigenvalue weighted by Gasteiger charge is 2.38. The molecule has 1 aromatic rings. The van der Waals surface area contributed by atoms with Gasteiger partial charge in [-0.1, -0.05) is 19.9 Å². The van der Waals surface area contributed by atoms with Gasteiger partial charge in [0.25, 0.3) is 5.91 Å². The number of carbonyl (C=O) groups excluding carboxylic acids is 4. The Balaban J connectivity index is 2.07. The van der Waals surface area contributed by atoms with Gasteiger partial charge in [-0.15, -0.1) is 11.8 Å². The summed E-state index contributed by atoms with van der Waals surface area (Å²) in [6.45, 7) is 3.54. The minimum Gasteiger partial charge on any atom is -0.452 e. The fraction of sp³-hybridized carbons (Fsp3) is 0.444. The third kappa shape index (κ3) is 5.22. The maximum Gasteiger partial charge on any atom is 0.318 e. The molecule has 1 aromatic carbocycles. The van der Waals surface area contributed by atoms with E-state index in [-0.39, 0.29) is 24.8 Å². The van der Waals surface area contributed by atoms with Crippen LogP contribution in [0.15, 0.2) is 29.2 Å². The molecule has 2 atom stereocenters. The van der Waals surface area contributed by atoms with E-state index in [1.54, 1.807) is 30.5 Å². The molecule has 1 aliphatic heterocycles. The molecule has 0 saturated carbocycles. The van der Waals surface area contributed by atoms with Crippen LogP contribution in [0.4, 0.5) is 10.5 Å². The Bertz CT molecular complexity index is 752. The molecule has 1 aliphatic rings. The molecule has 8 nitrogen and oxygen atoms in total. The summed E-state index contributed by atoms with van der Waals surface area (Å²) >= 11 is 1.56. The summed E-state index contributed by atoms with van der Waals surface area (Å²) in [5, 5.41) is 1.92. The quantitative estimate of drug-likeness (QED) is 0.559. The molecule has 0 radical (unpaired) electrons. The van der Waals surface area contributed by atoms with Crippen LogP contribution in [0, 0.1) is 11.8 Å². The van der Waals surface area contributed by atoms with Crippen LogP contribution >= 0.6 is 11.8 Å². The number of imide groups is 1. The first-order chi connectivity index (χ1) is 12.7. The third-order valence-corrected chi connectivity index (χ3v) is 4.90. The van der Waals surface area contributed by atoms with E-state index < -0.39 is 29.9 Å². The van der Waals surface area contributed by atoms with Crippen molar-refractivity contribution in [3.05, 3.63) is 24.3 Å². The van der Waals surface area contributed by atoms with Crippen LogP contribution in [-0.4, -0.2) is 42.7 Å². The van der Waals surface area contributed by atoms with Gasteiger partial charge in [-0.3, -0.25) is 19.7 Å². The van der Waals surface area contributed by atoms with E-state index in [4.69, 9.17) is 10.5 Å². The lowest BCUT2D eigenvalue weighted by Gasteiger charge is -2.22. The van der Waals surface area contributed by atoms with E-state index in [0.29, 0.717) is 5.69 Å². The van der Waals surface area contributed by atoms with Crippen molar-refractivity contribution in [2.24, 2.45) is 17.6 Å². The standard InChI is InChI=1S/C18H23N3O5S/c1-10(2)15(16(23)20-18(19)25)26-17(24)11-7-14(22)21(9-11)12-5-4-6-13(8-12)27-3/h4-6,8,10-11,15H,7,9H2,1-3H3,(H3,19,20,23,25)/t11-,15+/m1/s1. The van der Waals surface area contributed by atoms with Crippen molar-refractivity contribution in [3.8, 4) is 0 Å². The minimum absolute atomic E-state index is 0.00455. The lowest BCUT2D eigenvalue weighted by Crippen LogP contribution is -2.46. The van der Waals surface area contributed by atoms with Crippen LogP contribution in [0.2, 0.25) is 0 Å². The predicted molar refractivity (Wildman–Crippen MR) is 101 cm³/mol. The Kier molecular flexibility index (Phi) is 6.84. The molecule has 2 rings (SSSR count). The molecule has 0 unspecified atom stereocenters. The van der Waals surface area contributed by atoms with Gasteiger partial charge in [0, 0.05) is 23.5 Å². The number of nitrogens with two attached hydrogens (primary N) is 1. The van der Waals surface area contributed by atoms with Crippen LogP contribution in [0.25, 0.3) is 0 Å². The number of hydrogen-bond donors (Lipinski definition) is 2. The largest absolute Gasteiger partial charge is 0.452 e. The number of primary amides is 1. The molecule has 27 heavy (non-hydrogen) atoms. The first kappa shape index (κ1) is 20.8. The SMILES string of the molecule is CSc1cccc(N2C[C@H](C(=O)O[C@H](C(=O)NC(N)=O)C(C)C)CC2=O)c1. The van der Waals surface area contributed by atoms with Gasteiger partial charge in [-0.25, -0.2) is 4.79 Å². The number of ether oxygens (including phenoxy) is 1. The van der Waals surface area contributed by atoms with Gasteiger partial charge >= 0.3 is 12.0 Å². The minimum atomic E-state index is -1.16. The summed E-state index contributed by atoms with van der Waals surface area (Å²) in [4.78, 5) is 50.3. The van der Waals surface area contributed by atoms with Gasteiger partial charge in [-0.2, -0.15) is 0 Å². The second-order valence-electron chi connectivity index (χ2n) is 6.56. The summed E-state index contributed by atoms with van der Waals surface area (Å²) < 4.78 is 5.29. The van der Waals surface area contributed by atoms with E-state index in [1.807, 2.05) is 35.8 Å². The van der Waals surface area contributed by atoms with Crippen molar-refractivity contribution < 1.29 is 23.9 Å². The van der Waals surface area contributed by atoms with Gasteiger partial charge in [0.15, 0.2) is 6.10 Å². The zero-order chi connectivity index (χ0) is 20.1. The summed E-state index contributed by atoms with van der Waals surface area (Å²) in [7, 11) is 0.